The van der Waals surface area contributed by atoms with Gasteiger partial charge >= 0.3 is 0 Å². The minimum Gasteiger partial charge on any atom is -0.548 e. The Hall–Kier alpha value is -1.67. The first-order valence-corrected chi connectivity index (χ1v) is 8.17. The monoisotopic (exact) mass is 309 g/mol. The fraction of sp³-hybridized carbons (Fsp3) is 0.438. The zero-order valence-electron chi connectivity index (χ0n) is 13.0. The molecule has 0 fully saturated rings. The van der Waals surface area contributed by atoms with E-state index in [1.165, 1.54) is 6.08 Å². The van der Waals surface area contributed by atoms with Crippen molar-refractivity contribution in [3.8, 4) is 11.8 Å². The number of nitriles is 1. The van der Waals surface area contributed by atoms with Crippen LogP contribution in [0.3, 0.4) is 0 Å². The summed E-state index contributed by atoms with van der Waals surface area (Å²) in [4.78, 5) is 0. The lowest BCUT2D eigenvalue weighted by Gasteiger charge is -2.29. The molecule has 0 amide bonds. The lowest BCUT2D eigenvalue weighted by Crippen LogP contribution is -2.25. The standard InChI is InChI=1S/C16H21F2NOSi/c1-6-7-11-13(17)8-14(18)12(9-19)15(11)20-21-16(4,5)10(2)3/h6,8,10H,1,7,21H2,2-5H3. The molecule has 114 valence electrons. The van der Waals surface area contributed by atoms with Gasteiger partial charge in [0.25, 0.3) is 0 Å². The molecule has 5 heteroatoms. The van der Waals surface area contributed by atoms with Crippen molar-refractivity contribution in [2.75, 3.05) is 0 Å². The van der Waals surface area contributed by atoms with Crippen LogP contribution in [0.25, 0.3) is 0 Å². The van der Waals surface area contributed by atoms with E-state index in [0.717, 1.165) is 6.07 Å². The summed E-state index contributed by atoms with van der Waals surface area (Å²) in [7, 11) is -1.13. The minimum absolute atomic E-state index is 0.0407. The van der Waals surface area contributed by atoms with E-state index in [4.69, 9.17) is 9.69 Å². The van der Waals surface area contributed by atoms with Crippen LogP contribution in [0, 0.1) is 28.9 Å². The van der Waals surface area contributed by atoms with Crippen molar-refractivity contribution in [1.29, 1.82) is 5.26 Å². The van der Waals surface area contributed by atoms with Crippen LogP contribution in [0.1, 0.15) is 38.8 Å². The predicted molar refractivity (Wildman–Crippen MR) is 83.0 cm³/mol. The third-order valence-corrected chi connectivity index (χ3v) is 5.89. The highest BCUT2D eigenvalue weighted by molar-refractivity contribution is 6.33. The molecule has 1 rings (SSSR count). The van der Waals surface area contributed by atoms with E-state index in [2.05, 4.69) is 34.3 Å². The van der Waals surface area contributed by atoms with Crippen molar-refractivity contribution in [2.45, 2.75) is 39.2 Å². The first kappa shape index (κ1) is 17.4. The Balaban J connectivity index is 3.26. The second kappa shape index (κ2) is 6.86. The molecular weight excluding hydrogens is 288 g/mol. The number of rotatable bonds is 6. The van der Waals surface area contributed by atoms with Gasteiger partial charge in [0.1, 0.15) is 29.0 Å². The van der Waals surface area contributed by atoms with Crippen LogP contribution >= 0.6 is 0 Å². The molecule has 0 saturated carbocycles. The lowest BCUT2D eigenvalue weighted by molar-refractivity contribution is 0.423. The third kappa shape index (κ3) is 3.91. The molecule has 0 aromatic heterocycles. The molecule has 0 heterocycles. The topological polar surface area (TPSA) is 33.0 Å². The third-order valence-electron chi connectivity index (χ3n) is 3.89. The smallest absolute Gasteiger partial charge is 0.225 e. The largest absolute Gasteiger partial charge is 0.548 e. The Bertz CT molecular complexity index is 577. The fourth-order valence-electron chi connectivity index (χ4n) is 1.66. The first-order chi connectivity index (χ1) is 9.74. The van der Waals surface area contributed by atoms with Gasteiger partial charge in [-0.05, 0) is 17.4 Å². The molecule has 0 saturated heterocycles. The number of hydrogen-bond donors (Lipinski definition) is 0. The average molecular weight is 309 g/mol. The van der Waals surface area contributed by atoms with Crippen LogP contribution in [-0.2, 0) is 6.42 Å². The van der Waals surface area contributed by atoms with Crippen molar-refractivity contribution < 1.29 is 13.2 Å². The van der Waals surface area contributed by atoms with Gasteiger partial charge in [-0.15, -0.1) is 6.58 Å². The van der Waals surface area contributed by atoms with Gasteiger partial charge in [0, 0.05) is 11.6 Å². The zero-order chi connectivity index (χ0) is 16.2. The Labute approximate surface area is 127 Å². The van der Waals surface area contributed by atoms with Gasteiger partial charge in [0.2, 0.25) is 9.76 Å². The summed E-state index contributed by atoms with van der Waals surface area (Å²) in [6.07, 6.45) is 1.71. The number of halogens is 2. The van der Waals surface area contributed by atoms with E-state index in [0.29, 0.717) is 5.92 Å². The highest BCUT2D eigenvalue weighted by Crippen LogP contribution is 2.36. The van der Waals surface area contributed by atoms with Gasteiger partial charge < -0.3 is 4.43 Å². The molecule has 0 bridgehead atoms. The van der Waals surface area contributed by atoms with Crippen molar-refractivity contribution in [3.63, 3.8) is 0 Å². The maximum absolute atomic E-state index is 13.9. The summed E-state index contributed by atoms with van der Waals surface area (Å²) < 4.78 is 33.5. The molecule has 21 heavy (non-hydrogen) atoms. The summed E-state index contributed by atoms with van der Waals surface area (Å²) in [5.41, 5.74) is -0.0182. The quantitative estimate of drug-likeness (QED) is 0.590. The zero-order valence-corrected chi connectivity index (χ0v) is 14.4. The highest BCUT2D eigenvalue weighted by Gasteiger charge is 2.27. The fourth-order valence-corrected chi connectivity index (χ4v) is 2.83. The normalized spacial score (nSPS) is 11.9. The van der Waals surface area contributed by atoms with E-state index in [9.17, 15) is 8.78 Å². The van der Waals surface area contributed by atoms with E-state index < -0.39 is 21.4 Å². The van der Waals surface area contributed by atoms with Gasteiger partial charge in [0.15, 0.2) is 0 Å². The van der Waals surface area contributed by atoms with Gasteiger partial charge in [-0.25, -0.2) is 8.78 Å². The van der Waals surface area contributed by atoms with Crippen LogP contribution in [0.2, 0.25) is 5.04 Å². The van der Waals surface area contributed by atoms with Gasteiger partial charge in [-0.3, -0.25) is 0 Å². The van der Waals surface area contributed by atoms with E-state index in [-0.39, 0.29) is 28.3 Å². The molecule has 0 unspecified atom stereocenters. The average Bonchev–Trinajstić information content (AvgIpc) is 2.39. The van der Waals surface area contributed by atoms with E-state index in [1.54, 1.807) is 6.07 Å². The van der Waals surface area contributed by atoms with Crippen molar-refractivity contribution in [1.82, 2.24) is 0 Å². The maximum atomic E-state index is 13.9. The summed E-state index contributed by atoms with van der Waals surface area (Å²) in [6, 6.07) is 2.51. The summed E-state index contributed by atoms with van der Waals surface area (Å²) in [5, 5.41) is 9.08. The van der Waals surface area contributed by atoms with Crippen LogP contribution < -0.4 is 4.43 Å². The second-order valence-electron chi connectivity index (χ2n) is 6.06. The van der Waals surface area contributed by atoms with Crippen molar-refractivity contribution in [2.24, 2.45) is 5.92 Å². The van der Waals surface area contributed by atoms with Gasteiger partial charge in [-0.1, -0.05) is 33.8 Å². The van der Waals surface area contributed by atoms with Gasteiger partial charge in [0.05, 0.1) is 0 Å². The number of hydrogen-bond acceptors (Lipinski definition) is 2. The molecule has 2 nitrogen and oxygen atoms in total. The molecule has 0 aliphatic carbocycles. The molecule has 0 N–H and O–H groups in total. The SMILES string of the molecule is C=CCc1c(F)cc(F)c(C#N)c1O[SiH2]C(C)(C)C(C)C. The van der Waals surface area contributed by atoms with Gasteiger partial charge in [-0.2, -0.15) is 5.26 Å². The molecule has 0 radical (unpaired) electrons. The van der Waals surface area contributed by atoms with Crippen molar-refractivity contribution in [3.05, 3.63) is 41.5 Å². The van der Waals surface area contributed by atoms with Crippen molar-refractivity contribution >= 4 is 9.76 Å². The number of benzene rings is 1. The summed E-state index contributed by atoms with van der Waals surface area (Å²) in [5.74, 6) is -1.14. The molecular formula is C16H21F2NOSi. The molecule has 1 aromatic rings. The van der Waals surface area contributed by atoms with E-state index >= 15 is 0 Å². The second-order valence-corrected chi connectivity index (χ2v) is 8.46. The molecule has 0 aliphatic heterocycles. The van der Waals surface area contributed by atoms with E-state index in [1.807, 2.05) is 0 Å². The Morgan fingerprint density at radius 3 is 2.52 bits per heavy atom. The highest BCUT2D eigenvalue weighted by atomic mass is 28.2. The summed E-state index contributed by atoms with van der Waals surface area (Å²) in [6.45, 7) is 11.9. The molecule has 1 aromatic carbocycles. The Kier molecular flexibility index (Phi) is 5.67. The van der Waals surface area contributed by atoms with Crippen LogP contribution in [0.5, 0.6) is 5.75 Å². The molecule has 0 atom stereocenters. The summed E-state index contributed by atoms with van der Waals surface area (Å²) >= 11 is 0. The maximum Gasteiger partial charge on any atom is 0.225 e. The predicted octanol–water partition coefficient (Wildman–Crippen LogP) is 3.88. The van der Waals surface area contributed by atoms with Crippen LogP contribution in [0.15, 0.2) is 18.7 Å². The Morgan fingerprint density at radius 1 is 1.43 bits per heavy atom. The van der Waals surface area contributed by atoms with Crippen LogP contribution in [-0.4, -0.2) is 9.76 Å². The lowest BCUT2D eigenvalue weighted by atomic mass is 9.99. The molecule has 0 spiro atoms. The first-order valence-electron chi connectivity index (χ1n) is 6.89. The Morgan fingerprint density at radius 2 is 2.05 bits per heavy atom. The number of nitrogens with zero attached hydrogens (tertiary/aromatic N) is 1. The minimum atomic E-state index is -1.13. The molecule has 0 aliphatic rings. The number of allylic oxidation sites excluding steroid dienone is 1. The van der Waals surface area contributed by atoms with Crippen LogP contribution in [0.4, 0.5) is 8.78 Å².